The molecule has 5 nitrogen and oxygen atoms in total. The molecule has 2 atom stereocenters. The van der Waals surface area contributed by atoms with Gasteiger partial charge in [0.05, 0.1) is 34.7 Å². The van der Waals surface area contributed by atoms with Crippen LogP contribution in [0, 0.1) is 0 Å². The van der Waals surface area contributed by atoms with Crippen molar-refractivity contribution in [2.24, 2.45) is 7.05 Å². The third kappa shape index (κ3) is 3.37. The van der Waals surface area contributed by atoms with Crippen LogP contribution in [0.25, 0.3) is 0 Å². The number of hydrogen-bond acceptors (Lipinski definition) is 4. The Morgan fingerprint density at radius 2 is 2.21 bits per heavy atom. The van der Waals surface area contributed by atoms with Gasteiger partial charge in [-0.3, -0.25) is 9.58 Å². The van der Waals surface area contributed by atoms with Crippen molar-refractivity contribution in [3.05, 3.63) is 15.9 Å². The zero-order valence-electron chi connectivity index (χ0n) is 11.8. The maximum Gasteiger partial charge on any atom is 0.0936 e. The molecule has 1 fully saturated rings. The van der Waals surface area contributed by atoms with Crippen molar-refractivity contribution in [3.63, 3.8) is 0 Å². The first-order valence-electron chi connectivity index (χ1n) is 6.74. The molecule has 6 heteroatoms. The van der Waals surface area contributed by atoms with Crippen LogP contribution in [0.4, 0.5) is 0 Å². The van der Waals surface area contributed by atoms with E-state index in [1.807, 2.05) is 18.7 Å². The normalized spacial score (nSPS) is 24.9. The Balaban J connectivity index is 2.10. The Labute approximate surface area is 122 Å². The molecule has 0 saturated carbocycles. The summed E-state index contributed by atoms with van der Waals surface area (Å²) in [6.45, 7) is 6.71. The van der Waals surface area contributed by atoms with Gasteiger partial charge in [0.2, 0.25) is 0 Å². The molecule has 1 N–H and O–H groups in total. The van der Waals surface area contributed by atoms with Crippen molar-refractivity contribution in [2.45, 2.75) is 39.0 Å². The number of aliphatic hydroxyl groups is 1. The molecule has 1 aromatic heterocycles. The minimum atomic E-state index is -0.0820. The van der Waals surface area contributed by atoms with Crippen molar-refractivity contribution in [1.82, 2.24) is 14.7 Å². The van der Waals surface area contributed by atoms with Gasteiger partial charge in [-0.15, -0.1) is 0 Å². The van der Waals surface area contributed by atoms with E-state index >= 15 is 0 Å². The number of morpholine rings is 1. The Morgan fingerprint density at radius 1 is 1.47 bits per heavy atom. The van der Waals surface area contributed by atoms with Crippen LogP contribution in [-0.4, -0.2) is 51.7 Å². The summed E-state index contributed by atoms with van der Waals surface area (Å²) >= 11 is 3.65. The van der Waals surface area contributed by atoms with Gasteiger partial charge < -0.3 is 9.84 Å². The van der Waals surface area contributed by atoms with Crippen LogP contribution < -0.4 is 0 Å². The lowest BCUT2D eigenvalue weighted by Gasteiger charge is -2.36. The fourth-order valence-electron chi connectivity index (χ4n) is 2.57. The summed E-state index contributed by atoms with van der Waals surface area (Å²) in [7, 11) is 1.98. The first kappa shape index (κ1) is 15.0. The zero-order chi connectivity index (χ0) is 14.0. The van der Waals surface area contributed by atoms with E-state index in [1.54, 1.807) is 0 Å². The van der Waals surface area contributed by atoms with Gasteiger partial charge in [0.15, 0.2) is 0 Å². The van der Waals surface area contributed by atoms with Gasteiger partial charge in [-0.2, -0.15) is 5.10 Å². The summed E-state index contributed by atoms with van der Waals surface area (Å²) in [4.78, 5) is 2.32. The second kappa shape index (κ2) is 6.35. The molecule has 0 aliphatic carbocycles. The summed E-state index contributed by atoms with van der Waals surface area (Å²) in [6.07, 6.45) is 0.998. The van der Waals surface area contributed by atoms with Gasteiger partial charge in [-0.05, 0) is 29.3 Å². The molecule has 2 unspecified atom stereocenters. The molecule has 1 saturated heterocycles. The van der Waals surface area contributed by atoms with E-state index in [2.05, 4.69) is 32.9 Å². The van der Waals surface area contributed by atoms with Crippen molar-refractivity contribution < 1.29 is 9.84 Å². The maximum absolute atomic E-state index is 9.27. The van der Waals surface area contributed by atoms with Crippen LogP contribution >= 0.6 is 15.9 Å². The average molecular weight is 332 g/mol. The highest BCUT2D eigenvalue weighted by atomic mass is 79.9. The number of aliphatic hydroxyl groups excluding tert-OH is 1. The largest absolute Gasteiger partial charge is 0.394 e. The van der Waals surface area contributed by atoms with E-state index in [1.165, 1.54) is 5.69 Å². The number of halogens is 1. The lowest BCUT2D eigenvalue weighted by molar-refractivity contribution is -0.0977. The minimum absolute atomic E-state index is 0.0770. The summed E-state index contributed by atoms with van der Waals surface area (Å²) in [5, 5.41) is 13.8. The number of rotatable bonds is 4. The molecule has 0 radical (unpaired) electrons. The van der Waals surface area contributed by atoms with Crippen LogP contribution in [0.1, 0.15) is 25.2 Å². The van der Waals surface area contributed by atoms with E-state index in [0.717, 1.165) is 36.2 Å². The van der Waals surface area contributed by atoms with Gasteiger partial charge in [-0.25, -0.2) is 0 Å². The minimum Gasteiger partial charge on any atom is -0.394 e. The van der Waals surface area contributed by atoms with Crippen molar-refractivity contribution in [2.75, 3.05) is 19.7 Å². The van der Waals surface area contributed by atoms with Crippen molar-refractivity contribution in [1.29, 1.82) is 0 Å². The quantitative estimate of drug-likeness (QED) is 0.904. The first-order valence-corrected chi connectivity index (χ1v) is 7.53. The molecule has 1 aromatic rings. The van der Waals surface area contributed by atoms with E-state index in [0.29, 0.717) is 0 Å². The van der Waals surface area contributed by atoms with Crippen LogP contribution in [-0.2, 0) is 24.8 Å². The van der Waals surface area contributed by atoms with Gasteiger partial charge in [0.25, 0.3) is 0 Å². The van der Waals surface area contributed by atoms with Gasteiger partial charge in [0.1, 0.15) is 0 Å². The zero-order valence-corrected chi connectivity index (χ0v) is 13.4. The lowest BCUT2D eigenvalue weighted by Crippen LogP contribution is -2.47. The predicted octanol–water partition coefficient (Wildman–Crippen LogP) is 1.33. The predicted molar refractivity (Wildman–Crippen MR) is 77.0 cm³/mol. The summed E-state index contributed by atoms with van der Waals surface area (Å²) in [5.74, 6) is 0. The van der Waals surface area contributed by atoms with E-state index in [9.17, 15) is 5.11 Å². The number of aryl methyl sites for hydroxylation is 2. The number of nitrogens with zero attached hydrogens (tertiary/aromatic N) is 3. The van der Waals surface area contributed by atoms with Gasteiger partial charge in [-0.1, -0.05) is 6.92 Å². The summed E-state index contributed by atoms with van der Waals surface area (Å²) < 4.78 is 8.71. The highest BCUT2D eigenvalue weighted by molar-refractivity contribution is 9.10. The van der Waals surface area contributed by atoms with E-state index in [-0.39, 0.29) is 18.8 Å². The van der Waals surface area contributed by atoms with Crippen LogP contribution in [0.15, 0.2) is 4.47 Å². The second-order valence-electron chi connectivity index (χ2n) is 5.13. The average Bonchev–Trinajstić information content (AvgIpc) is 2.65. The molecular formula is C13H22BrN3O2. The van der Waals surface area contributed by atoms with E-state index in [4.69, 9.17) is 4.74 Å². The molecule has 0 bridgehead atoms. The number of hydrogen-bond donors (Lipinski definition) is 1. The molecule has 0 amide bonds. The fraction of sp³-hybridized carbons (Fsp3) is 0.769. The van der Waals surface area contributed by atoms with Crippen LogP contribution in [0.3, 0.4) is 0 Å². The van der Waals surface area contributed by atoms with Crippen molar-refractivity contribution in [3.8, 4) is 0 Å². The third-order valence-corrected chi connectivity index (χ3v) is 4.40. The third-order valence-electron chi connectivity index (χ3n) is 3.48. The second-order valence-corrected chi connectivity index (χ2v) is 5.92. The molecule has 2 heterocycles. The fourth-order valence-corrected chi connectivity index (χ4v) is 3.32. The standard InChI is InChI=1S/C13H22BrN3O2/c1-4-11-13(14)12(16(3)15-11)7-17-5-9(2)19-10(6-17)8-18/h9-10,18H,4-8H2,1-3H3. The molecule has 1 aliphatic heterocycles. The molecule has 108 valence electrons. The Hall–Kier alpha value is -0.430. The van der Waals surface area contributed by atoms with Gasteiger partial charge >= 0.3 is 0 Å². The lowest BCUT2D eigenvalue weighted by atomic mass is 10.2. The molecule has 0 spiro atoms. The van der Waals surface area contributed by atoms with Crippen molar-refractivity contribution >= 4 is 15.9 Å². The van der Waals surface area contributed by atoms with E-state index < -0.39 is 0 Å². The number of ether oxygens (including phenoxy) is 1. The Bertz CT molecular complexity index is 436. The Kier molecular flexibility index (Phi) is 5.00. The van der Waals surface area contributed by atoms with Crippen LogP contribution in [0.5, 0.6) is 0 Å². The summed E-state index contributed by atoms with van der Waals surface area (Å²) in [6, 6.07) is 0. The Morgan fingerprint density at radius 3 is 2.79 bits per heavy atom. The van der Waals surface area contributed by atoms with Gasteiger partial charge in [0, 0.05) is 26.7 Å². The maximum atomic E-state index is 9.27. The van der Waals surface area contributed by atoms with Crippen LogP contribution in [0.2, 0.25) is 0 Å². The molecule has 19 heavy (non-hydrogen) atoms. The summed E-state index contributed by atoms with van der Waals surface area (Å²) in [5.41, 5.74) is 2.28. The highest BCUT2D eigenvalue weighted by Crippen LogP contribution is 2.24. The number of aromatic nitrogens is 2. The smallest absolute Gasteiger partial charge is 0.0936 e. The monoisotopic (exact) mass is 331 g/mol. The topological polar surface area (TPSA) is 50.5 Å². The molecule has 0 aromatic carbocycles. The molecule has 1 aliphatic rings. The molecule has 2 rings (SSSR count). The first-order chi connectivity index (χ1) is 9.05. The highest BCUT2D eigenvalue weighted by Gasteiger charge is 2.26. The molecular weight excluding hydrogens is 310 g/mol. The SMILES string of the molecule is CCc1nn(C)c(CN2CC(C)OC(CO)C2)c1Br.